The molecule has 2 heterocycles. The van der Waals surface area contributed by atoms with Gasteiger partial charge in [-0.3, -0.25) is 5.84 Å². The maximum Gasteiger partial charge on any atom is 0.0861 e. The van der Waals surface area contributed by atoms with E-state index < -0.39 is 0 Å². The predicted molar refractivity (Wildman–Crippen MR) is 89.6 cm³/mol. The molecule has 0 spiro atoms. The van der Waals surface area contributed by atoms with Crippen molar-refractivity contribution < 1.29 is 0 Å². The van der Waals surface area contributed by atoms with E-state index in [2.05, 4.69) is 65.4 Å². The third-order valence-corrected chi connectivity index (χ3v) is 5.24. The number of hydrogen-bond acceptors (Lipinski definition) is 6. The molecule has 2 aromatic heterocycles. The van der Waals surface area contributed by atoms with Crippen molar-refractivity contribution >= 4 is 33.0 Å². The van der Waals surface area contributed by atoms with Gasteiger partial charge in [0, 0.05) is 10.1 Å². The summed E-state index contributed by atoms with van der Waals surface area (Å²) >= 11 is 3.15. The van der Waals surface area contributed by atoms with Crippen molar-refractivity contribution in [3.05, 3.63) is 45.8 Å². The molecule has 110 valence electrons. The molecule has 0 fully saturated rings. The fourth-order valence-corrected chi connectivity index (χ4v) is 4.35. The van der Waals surface area contributed by atoms with E-state index in [9.17, 15) is 0 Å². The van der Waals surface area contributed by atoms with Crippen LogP contribution in [-0.4, -0.2) is 9.59 Å². The minimum Gasteiger partial charge on any atom is -0.271 e. The van der Waals surface area contributed by atoms with Gasteiger partial charge >= 0.3 is 0 Å². The summed E-state index contributed by atoms with van der Waals surface area (Å²) in [5, 5.41) is 7.68. The highest BCUT2D eigenvalue weighted by Crippen LogP contribution is 2.37. The molecule has 0 aliphatic heterocycles. The molecule has 0 aliphatic carbocycles. The fourth-order valence-electron chi connectivity index (χ4n) is 2.46. The molecule has 4 nitrogen and oxygen atoms in total. The van der Waals surface area contributed by atoms with Crippen LogP contribution in [0.15, 0.2) is 29.6 Å². The number of aromatic nitrogens is 2. The van der Waals surface area contributed by atoms with E-state index in [0.29, 0.717) is 0 Å². The van der Waals surface area contributed by atoms with E-state index >= 15 is 0 Å². The predicted octanol–water partition coefficient (Wildman–Crippen LogP) is 3.60. The quantitative estimate of drug-likeness (QED) is 0.572. The molecule has 0 saturated heterocycles. The third-order valence-electron chi connectivity index (χ3n) is 3.47. The first-order valence-corrected chi connectivity index (χ1v) is 8.42. The second-order valence-electron chi connectivity index (χ2n) is 6.02. The second kappa shape index (κ2) is 5.46. The van der Waals surface area contributed by atoms with Crippen LogP contribution in [0.4, 0.5) is 0 Å². The van der Waals surface area contributed by atoms with Crippen LogP contribution in [0.5, 0.6) is 0 Å². The minimum atomic E-state index is -0.0819. The third kappa shape index (κ3) is 2.60. The average Bonchev–Trinajstić information content (AvgIpc) is 3.07. The lowest BCUT2D eigenvalue weighted by Crippen LogP contribution is -2.30. The van der Waals surface area contributed by atoms with Crippen LogP contribution >= 0.6 is 22.9 Å². The molecule has 21 heavy (non-hydrogen) atoms. The summed E-state index contributed by atoms with van der Waals surface area (Å²) in [6, 6.07) is 8.36. The standard InChI is InChI=1S/C15H18N4S2/c1-15(2,3)14-13(21-19-18-14)11(17-16)10-6-4-5-9-7-8-20-12(9)10/h4-8,11,17H,16H2,1-3H3. The van der Waals surface area contributed by atoms with E-state index in [1.54, 1.807) is 11.3 Å². The normalized spacial score (nSPS) is 13.7. The zero-order valence-corrected chi connectivity index (χ0v) is 13.9. The lowest BCUT2D eigenvalue weighted by molar-refractivity contribution is 0.544. The van der Waals surface area contributed by atoms with Gasteiger partial charge in [0.25, 0.3) is 0 Å². The van der Waals surface area contributed by atoms with Gasteiger partial charge in [-0.1, -0.05) is 43.5 Å². The Morgan fingerprint density at radius 1 is 1.24 bits per heavy atom. The van der Waals surface area contributed by atoms with Gasteiger partial charge in [0.2, 0.25) is 0 Å². The van der Waals surface area contributed by atoms with Crippen LogP contribution < -0.4 is 11.3 Å². The van der Waals surface area contributed by atoms with Gasteiger partial charge in [-0.15, -0.1) is 16.4 Å². The molecule has 0 radical (unpaired) electrons. The van der Waals surface area contributed by atoms with Gasteiger partial charge in [0.15, 0.2) is 0 Å². The monoisotopic (exact) mass is 318 g/mol. The van der Waals surface area contributed by atoms with Crippen molar-refractivity contribution in [1.29, 1.82) is 0 Å². The number of thiophene rings is 1. The van der Waals surface area contributed by atoms with Crippen molar-refractivity contribution in [3.8, 4) is 0 Å². The SMILES string of the molecule is CC(C)(C)c1nnsc1C(NN)c1cccc2ccsc12. The van der Waals surface area contributed by atoms with Crippen LogP contribution in [0.2, 0.25) is 0 Å². The summed E-state index contributed by atoms with van der Waals surface area (Å²) < 4.78 is 5.41. The van der Waals surface area contributed by atoms with E-state index in [0.717, 1.165) is 10.6 Å². The Labute approximate surface area is 132 Å². The van der Waals surface area contributed by atoms with E-state index in [4.69, 9.17) is 5.84 Å². The number of nitrogens with zero attached hydrogens (tertiary/aromatic N) is 2. The lowest BCUT2D eigenvalue weighted by Gasteiger charge is -2.22. The molecule has 3 N–H and O–H groups in total. The number of fused-ring (bicyclic) bond motifs is 1. The summed E-state index contributed by atoms with van der Waals surface area (Å²) in [5.41, 5.74) is 5.08. The molecular formula is C15H18N4S2. The average molecular weight is 318 g/mol. The summed E-state index contributed by atoms with van der Waals surface area (Å²) in [7, 11) is 0. The topological polar surface area (TPSA) is 63.8 Å². The van der Waals surface area contributed by atoms with Gasteiger partial charge in [-0.25, -0.2) is 5.43 Å². The summed E-state index contributed by atoms with van der Waals surface area (Å²) in [4.78, 5) is 1.09. The molecule has 0 saturated carbocycles. The molecular weight excluding hydrogens is 300 g/mol. The number of nitrogens with two attached hydrogens (primary N) is 1. The van der Waals surface area contributed by atoms with Gasteiger partial charge in [-0.2, -0.15) is 0 Å². The summed E-state index contributed by atoms with van der Waals surface area (Å²) in [5.74, 6) is 5.87. The Balaban J connectivity index is 2.16. The Hall–Kier alpha value is -1.34. The van der Waals surface area contributed by atoms with E-state index in [-0.39, 0.29) is 11.5 Å². The Morgan fingerprint density at radius 2 is 2.05 bits per heavy atom. The van der Waals surface area contributed by atoms with Crippen molar-refractivity contribution in [2.45, 2.75) is 32.2 Å². The fraction of sp³-hybridized carbons (Fsp3) is 0.333. The van der Waals surface area contributed by atoms with Crippen molar-refractivity contribution in [2.75, 3.05) is 0 Å². The minimum absolute atomic E-state index is 0.0548. The molecule has 0 aliphatic rings. The number of hydrogen-bond donors (Lipinski definition) is 2. The van der Waals surface area contributed by atoms with Crippen LogP contribution in [0, 0.1) is 0 Å². The summed E-state index contributed by atoms with van der Waals surface area (Å²) in [6.07, 6.45) is 0. The Morgan fingerprint density at radius 3 is 2.76 bits per heavy atom. The first-order chi connectivity index (χ1) is 10.0. The molecule has 0 bridgehead atoms. The zero-order valence-electron chi connectivity index (χ0n) is 12.3. The lowest BCUT2D eigenvalue weighted by atomic mass is 9.89. The van der Waals surface area contributed by atoms with Crippen molar-refractivity contribution in [2.24, 2.45) is 5.84 Å². The number of hydrazine groups is 1. The number of rotatable bonds is 3. The maximum atomic E-state index is 5.87. The smallest absolute Gasteiger partial charge is 0.0861 e. The van der Waals surface area contributed by atoms with E-state index in [1.165, 1.54) is 27.2 Å². The van der Waals surface area contributed by atoms with Crippen LogP contribution in [0.3, 0.4) is 0 Å². The van der Waals surface area contributed by atoms with Crippen molar-refractivity contribution in [3.63, 3.8) is 0 Å². The number of benzene rings is 1. The van der Waals surface area contributed by atoms with Gasteiger partial charge < -0.3 is 0 Å². The highest BCUT2D eigenvalue weighted by molar-refractivity contribution is 7.17. The van der Waals surface area contributed by atoms with Crippen LogP contribution in [0.1, 0.15) is 42.9 Å². The second-order valence-corrected chi connectivity index (χ2v) is 7.72. The molecule has 1 atom stereocenters. The van der Waals surface area contributed by atoms with Gasteiger partial charge in [-0.05, 0) is 33.9 Å². The Kier molecular flexibility index (Phi) is 3.79. The molecule has 0 amide bonds. The summed E-state index contributed by atoms with van der Waals surface area (Å²) in [6.45, 7) is 6.44. The molecule has 6 heteroatoms. The highest BCUT2D eigenvalue weighted by atomic mass is 32.1. The number of nitrogens with one attached hydrogen (secondary N) is 1. The highest BCUT2D eigenvalue weighted by Gasteiger charge is 2.28. The van der Waals surface area contributed by atoms with Gasteiger partial charge in [0.1, 0.15) is 0 Å². The molecule has 3 aromatic rings. The zero-order chi connectivity index (χ0) is 15.0. The van der Waals surface area contributed by atoms with Crippen LogP contribution in [-0.2, 0) is 5.41 Å². The van der Waals surface area contributed by atoms with Crippen LogP contribution in [0.25, 0.3) is 10.1 Å². The first kappa shape index (κ1) is 14.6. The van der Waals surface area contributed by atoms with Crippen molar-refractivity contribution in [1.82, 2.24) is 15.0 Å². The molecule has 3 rings (SSSR count). The molecule has 1 unspecified atom stereocenters. The maximum absolute atomic E-state index is 5.87. The van der Waals surface area contributed by atoms with E-state index in [1.807, 2.05) is 0 Å². The van der Waals surface area contributed by atoms with Gasteiger partial charge in [0.05, 0.1) is 16.6 Å². The molecule has 1 aromatic carbocycles. The first-order valence-electron chi connectivity index (χ1n) is 6.77. The Bertz CT molecular complexity index is 754. The largest absolute Gasteiger partial charge is 0.271 e.